The van der Waals surface area contributed by atoms with Crippen molar-refractivity contribution in [2.45, 2.75) is 32.2 Å². The number of nitrogens with zero attached hydrogens (tertiary/aromatic N) is 1. The molecule has 1 aliphatic rings. The van der Waals surface area contributed by atoms with Crippen molar-refractivity contribution in [1.29, 1.82) is 0 Å². The van der Waals surface area contributed by atoms with E-state index in [-0.39, 0.29) is 12.1 Å². The maximum absolute atomic E-state index is 11.7. The standard InChI is InChI=1S/C15H23N3O/c1-3-11(2)12-4-6-13(7-5-12)14-10-18(9-8-16)15(19)17-14/h4-7,11,14H,3,8-10,16H2,1-2H3,(H,17,19). The number of amides is 2. The molecule has 1 saturated heterocycles. The van der Waals surface area contributed by atoms with Crippen LogP contribution in [0.4, 0.5) is 4.79 Å². The minimum Gasteiger partial charge on any atom is -0.329 e. The fourth-order valence-corrected chi connectivity index (χ4v) is 2.42. The van der Waals surface area contributed by atoms with Gasteiger partial charge in [0.05, 0.1) is 6.04 Å². The molecule has 1 aromatic carbocycles. The molecule has 0 spiro atoms. The summed E-state index contributed by atoms with van der Waals surface area (Å²) >= 11 is 0. The van der Waals surface area contributed by atoms with E-state index in [2.05, 4.69) is 43.4 Å². The molecule has 2 rings (SSSR count). The molecule has 0 aromatic heterocycles. The number of carbonyl (C=O) groups is 1. The summed E-state index contributed by atoms with van der Waals surface area (Å²) in [5.74, 6) is 0.584. The van der Waals surface area contributed by atoms with Crippen LogP contribution in [0, 0.1) is 0 Å². The van der Waals surface area contributed by atoms with Gasteiger partial charge >= 0.3 is 6.03 Å². The van der Waals surface area contributed by atoms with Crippen LogP contribution in [0.15, 0.2) is 24.3 Å². The SMILES string of the molecule is CCC(C)c1ccc(C2CN(CCN)C(=O)N2)cc1. The van der Waals surface area contributed by atoms with Gasteiger partial charge in [0.2, 0.25) is 0 Å². The van der Waals surface area contributed by atoms with Crippen molar-refractivity contribution in [3.63, 3.8) is 0 Å². The van der Waals surface area contributed by atoms with Crippen LogP contribution in [0.25, 0.3) is 0 Å². The lowest BCUT2D eigenvalue weighted by Crippen LogP contribution is -2.32. The lowest BCUT2D eigenvalue weighted by Gasteiger charge is -2.14. The number of benzene rings is 1. The zero-order valence-electron chi connectivity index (χ0n) is 11.7. The average Bonchev–Trinajstić information content (AvgIpc) is 2.80. The van der Waals surface area contributed by atoms with Crippen LogP contribution >= 0.6 is 0 Å². The van der Waals surface area contributed by atoms with Crippen molar-refractivity contribution in [3.8, 4) is 0 Å². The topological polar surface area (TPSA) is 58.4 Å². The molecule has 1 fully saturated rings. The second kappa shape index (κ2) is 6.06. The summed E-state index contributed by atoms with van der Waals surface area (Å²) in [6, 6.07) is 8.66. The summed E-state index contributed by atoms with van der Waals surface area (Å²) in [6.45, 7) is 6.26. The number of carbonyl (C=O) groups excluding carboxylic acids is 1. The molecular formula is C15H23N3O. The van der Waals surface area contributed by atoms with Gasteiger partial charge in [0.1, 0.15) is 0 Å². The minimum atomic E-state index is -0.0125. The molecule has 2 unspecified atom stereocenters. The largest absolute Gasteiger partial charge is 0.329 e. The second-order valence-corrected chi connectivity index (χ2v) is 5.21. The average molecular weight is 261 g/mol. The molecule has 0 saturated carbocycles. The second-order valence-electron chi connectivity index (χ2n) is 5.21. The van der Waals surface area contributed by atoms with E-state index in [0.717, 1.165) is 6.42 Å². The maximum atomic E-state index is 11.7. The van der Waals surface area contributed by atoms with E-state index in [4.69, 9.17) is 5.73 Å². The maximum Gasteiger partial charge on any atom is 0.318 e. The predicted molar refractivity (Wildman–Crippen MR) is 77.0 cm³/mol. The first-order valence-electron chi connectivity index (χ1n) is 7.01. The van der Waals surface area contributed by atoms with Crippen LogP contribution in [-0.2, 0) is 0 Å². The normalized spacial score (nSPS) is 20.5. The van der Waals surface area contributed by atoms with Gasteiger partial charge in [0.25, 0.3) is 0 Å². The van der Waals surface area contributed by atoms with E-state index in [1.165, 1.54) is 11.1 Å². The van der Waals surface area contributed by atoms with Gasteiger partial charge in [-0.2, -0.15) is 0 Å². The van der Waals surface area contributed by atoms with Crippen LogP contribution in [0.3, 0.4) is 0 Å². The van der Waals surface area contributed by atoms with E-state index in [1.54, 1.807) is 4.90 Å². The number of urea groups is 1. The minimum absolute atomic E-state index is 0.0125. The van der Waals surface area contributed by atoms with Gasteiger partial charge in [0.15, 0.2) is 0 Å². The van der Waals surface area contributed by atoms with Crippen molar-refractivity contribution < 1.29 is 4.79 Å². The Morgan fingerprint density at radius 1 is 1.42 bits per heavy atom. The molecule has 4 heteroatoms. The first-order valence-corrected chi connectivity index (χ1v) is 7.01. The van der Waals surface area contributed by atoms with Crippen molar-refractivity contribution >= 4 is 6.03 Å². The third-order valence-electron chi connectivity index (χ3n) is 3.91. The molecule has 1 heterocycles. The molecule has 4 nitrogen and oxygen atoms in total. The van der Waals surface area contributed by atoms with Crippen molar-refractivity contribution in [2.75, 3.05) is 19.6 Å². The number of hydrogen-bond acceptors (Lipinski definition) is 2. The molecular weight excluding hydrogens is 238 g/mol. The Hall–Kier alpha value is -1.55. The van der Waals surface area contributed by atoms with Crippen LogP contribution < -0.4 is 11.1 Å². The van der Waals surface area contributed by atoms with Crippen LogP contribution in [-0.4, -0.2) is 30.6 Å². The highest BCUT2D eigenvalue weighted by Gasteiger charge is 2.28. The van der Waals surface area contributed by atoms with Crippen LogP contribution in [0.2, 0.25) is 0 Å². The highest BCUT2D eigenvalue weighted by molar-refractivity contribution is 5.77. The Labute approximate surface area is 115 Å². The Kier molecular flexibility index (Phi) is 4.43. The van der Waals surface area contributed by atoms with Gasteiger partial charge in [0, 0.05) is 19.6 Å². The Morgan fingerprint density at radius 2 is 2.11 bits per heavy atom. The van der Waals surface area contributed by atoms with Crippen molar-refractivity contribution in [3.05, 3.63) is 35.4 Å². The third-order valence-corrected chi connectivity index (χ3v) is 3.91. The third kappa shape index (κ3) is 3.07. The highest BCUT2D eigenvalue weighted by atomic mass is 16.2. The summed E-state index contributed by atoms with van der Waals surface area (Å²) in [5, 5.41) is 3.00. The fraction of sp³-hybridized carbons (Fsp3) is 0.533. The quantitative estimate of drug-likeness (QED) is 0.854. The van der Waals surface area contributed by atoms with Gasteiger partial charge in [-0.05, 0) is 23.5 Å². The molecule has 1 aromatic rings. The first kappa shape index (κ1) is 13.9. The van der Waals surface area contributed by atoms with E-state index in [0.29, 0.717) is 25.6 Å². The Balaban J connectivity index is 2.05. The van der Waals surface area contributed by atoms with Gasteiger partial charge < -0.3 is 16.0 Å². The zero-order chi connectivity index (χ0) is 13.8. The Morgan fingerprint density at radius 3 is 2.68 bits per heavy atom. The summed E-state index contributed by atoms with van der Waals surface area (Å²) in [4.78, 5) is 13.5. The molecule has 0 bridgehead atoms. The summed E-state index contributed by atoms with van der Waals surface area (Å²) in [7, 11) is 0. The summed E-state index contributed by atoms with van der Waals surface area (Å²) in [5.41, 5.74) is 8.02. The zero-order valence-corrected chi connectivity index (χ0v) is 11.7. The molecule has 3 N–H and O–H groups in total. The lowest BCUT2D eigenvalue weighted by molar-refractivity contribution is 0.218. The summed E-state index contributed by atoms with van der Waals surface area (Å²) in [6.07, 6.45) is 1.14. The van der Waals surface area contributed by atoms with Crippen LogP contribution in [0.5, 0.6) is 0 Å². The molecule has 2 amide bonds. The first-order chi connectivity index (χ1) is 9.15. The van der Waals surface area contributed by atoms with E-state index < -0.39 is 0 Å². The van der Waals surface area contributed by atoms with Gasteiger partial charge in [-0.15, -0.1) is 0 Å². The van der Waals surface area contributed by atoms with Gasteiger partial charge in [-0.25, -0.2) is 4.79 Å². The van der Waals surface area contributed by atoms with E-state index in [9.17, 15) is 4.79 Å². The lowest BCUT2D eigenvalue weighted by atomic mass is 9.96. The van der Waals surface area contributed by atoms with Crippen molar-refractivity contribution in [2.24, 2.45) is 5.73 Å². The molecule has 1 aliphatic heterocycles. The highest BCUT2D eigenvalue weighted by Crippen LogP contribution is 2.24. The molecule has 104 valence electrons. The van der Waals surface area contributed by atoms with Crippen LogP contribution in [0.1, 0.15) is 43.4 Å². The number of nitrogens with two attached hydrogens (primary N) is 1. The van der Waals surface area contributed by atoms with Gasteiger partial charge in [-0.3, -0.25) is 0 Å². The molecule has 0 radical (unpaired) electrons. The molecule has 19 heavy (non-hydrogen) atoms. The number of hydrogen-bond donors (Lipinski definition) is 2. The Bertz CT molecular complexity index is 430. The van der Waals surface area contributed by atoms with Gasteiger partial charge in [-0.1, -0.05) is 38.1 Å². The summed E-state index contributed by atoms with van der Waals surface area (Å²) < 4.78 is 0. The van der Waals surface area contributed by atoms with Crippen molar-refractivity contribution in [1.82, 2.24) is 10.2 Å². The smallest absolute Gasteiger partial charge is 0.318 e. The fourth-order valence-electron chi connectivity index (χ4n) is 2.42. The number of rotatable bonds is 5. The number of nitrogens with one attached hydrogen (secondary N) is 1. The monoisotopic (exact) mass is 261 g/mol. The predicted octanol–water partition coefficient (Wildman–Crippen LogP) is 2.23. The van der Waals surface area contributed by atoms with E-state index >= 15 is 0 Å². The molecule has 0 aliphatic carbocycles. The van der Waals surface area contributed by atoms with E-state index in [1.807, 2.05) is 0 Å². The molecule has 2 atom stereocenters.